The number of rotatable bonds is 15. The van der Waals surface area contributed by atoms with Crippen molar-refractivity contribution in [3.05, 3.63) is 23.8 Å². The fourth-order valence-corrected chi connectivity index (χ4v) is 4.26. The standard InChI is InChI=1S/C26H40F3N3O2/c1-3-5-6-7-8-9-10-11-12-13-17-32-18-16-21-19-22(14-15-23(21)32)31-25(26(27,28)29)30-20-24(33)34-4-2/h14-15,19H,3-13,16-18,20H2,1-2H3,(H,30,31). The first-order valence-corrected chi connectivity index (χ1v) is 12.8. The van der Waals surface area contributed by atoms with Crippen LogP contribution >= 0.6 is 0 Å². The van der Waals surface area contributed by atoms with E-state index < -0.39 is 24.5 Å². The summed E-state index contributed by atoms with van der Waals surface area (Å²) in [5.74, 6) is -1.98. The van der Waals surface area contributed by atoms with Gasteiger partial charge in [-0.05, 0) is 43.5 Å². The first kappa shape index (κ1) is 28.0. The zero-order valence-electron chi connectivity index (χ0n) is 20.7. The number of amidine groups is 1. The van der Waals surface area contributed by atoms with Crippen molar-refractivity contribution in [2.45, 2.75) is 90.7 Å². The molecule has 0 aromatic heterocycles. The first-order chi connectivity index (χ1) is 16.3. The van der Waals surface area contributed by atoms with Gasteiger partial charge in [0, 0.05) is 24.5 Å². The van der Waals surface area contributed by atoms with Gasteiger partial charge in [-0.15, -0.1) is 0 Å². The van der Waals surface area contributed by atoms with Gasteiger partial charge in [0.25, 0.3) is 0 Å². The van der Waals surface area contributed by atoms with Crippen molar-refractivity contribution in [3.8, 4) is 0 Å². The molecule has 5 nitrogen and oxygen atoms in total. The van der Waals surface area contributed by atoms with E-state index in [2.05, 4.69) is 26.9 Å². The highest BCUT2D eigenvalue weighted by molar-refractivity contribution is 6.00. The van der Waals surface area contributed by atoms with Gasteiger partial charge in [0.1, 0.15) is 6.54 Å². The predicted octanol–water partition coefficient (Wildman–Crippen LogP) is 6.91. The third-order valence-electron chi connectivity index (χ3n) is 6.06. The number of nitrogens with zero attached hydrogens (tertiary/aromatic N) is 2. The molecular formula is C26H40F3N3O2. The van der Waals surface area contributed by atoms with E-state index in [0.29, 0.717) is 5.69 Å². The molecule has 0 saturated carbocycles. The van der Waals surface area contributed by atoms with Gasteiger partial charge >= 0.3 is 12.1 Å². The Morgan fingerprint density at radius 1 is 1.03 bits per heavy atom. The number of halogens is 3. The van der Waals surface area contributed by atoms with Crippen molar-refractivity contribution >= 4 is 23.2 Å². The maximum atomic E-state index is 13.3. The minimum Gasteiger partial charge on any atom is -0.465 e. The molecule has 0 atom stereocenters. The number of ether oxygens (including phenoxy) is 1. The largest absolute Gasteiger partial charge is 0.465 e. The maximum Gasteiger partial charge on any atom is 0.449 e. The van der Waals surface area contributed by atoms with Gasteiger partial charge in [-0.3, -0.25) is 9.79 Å². The lowest BCUT2D eigenvalue weighted by atomic mass is 10.1. The van der Waals surface area contributed by atoms with Crippen molar-refractivity contribution in [1.82, 2.24) is 0 Å². The molecule has 0 bridgehead atoms. The fourth-order valence-electron chi connectivity index (χ4n) is 4.26. The number of benzene rings is 1. The highest BCUT2D eigenvalue weighted by Gasteiger charge is 2.36. The van der Waals surface area contributed by atoms with E-state index in [1.165, 1.54) is 57.8 Å². The molecule has 0 aliphatic carbocycles. The summed E-state index contributed by atoms with van der Waals surface area (Å²) in [4.78, 5) is 17.1. The average molecular weight is 484 g/mol. The Morgan fingerprint density at radius 3 is 2.29 bits per heavy atom. The summed E-state index contributed by atoms with van der Waals surface area (Å²) in [6.45, 7) is 5.12. The molecular weight excluding hydrogens is 443 g/mol. The van der Waals surface area contributed by atoms with Crippen LogP contribution in [0.25, 0.3) is 0 Å². The quantitative estimate of drug-likeness (QED) is 0.128. The molecule has 1 aromatic carbocycles. The minimum absolute atomic E-state index is 0.101. The van der Waals surface area contributed by atoms with Crippen molar-refractivity contribution in [1.29, 1.82) is 0 Å². The summed E-state index contributed by atoms with van der Waals surface area (Å²) < 4.78 is 44.7. The van der Waals surface area contributed by atoms with E-state index >= 15 is 0 Å². The summed E-state index contributed by atoms with van der Waals surface area (Å²) in [6.07, 6.45) is 9.07. The van der Waals surface area contributed by atoms with Crippen molar-refractivity contribution in [3.63, 3.8) is 0 Å². The van der Waals surface area contributed by atoms with E-state index in [9.17, 15) is 18.0 Å². The smallest absolute Gasteiger partial charge is 0.449 e. The highest BCUT2D eigenvalue weighted by Crippen LogP contribution is 2.31. The predicted molar refractivity (Wildman–Crippen MR) is 133 cm³/mol. The Balaban J connectivity index is 1.79. The van der Waals surface area contributed by atoms with Crippen LogP contribution in [0, 0.1) is 0 Å². The van der Waals surface area contributed by atoms with Crippen LogP contribution in [0.3, 0.4) is 0 Å². The lowest BCUT2D eigenvalue weighted by Crippen LogP contribution is -2.31. The zero-order valence-corrected chi connectivity index (χ0v) is 20.7. The van der Waals surface area contributed by atoms with Gasteiger partial charge < -0.3 is 15.0 Å². The third kappa shape index (κ3) is 9.94. The molecule has 1 heterocycles. The van der Waals surface area contributed by atoms with Gasteiger partial charge in [0.15, 0.2) is 0 Å². The van der Waals surface area contributed by atoms with Crippen LogP contribution in [-0.2, 0) is 16.0 Å². The number of hydrogen-bond donors (Lipinski definition) is 1. The van der Waals surface area contributed by atoms with Crippen LogP contribution in [0.5, 0.6) is 0 Å². The fraction of sp³-hybridized carbons (Fsp3) is 0.692. The molecule has 1 aromatic rings. The molecule has 1 aliphatic heterocycles. The van der Waals surface area contributed by atoms with Gasteiger partial charge in [-0.25, -0.2) is 0 Å². The molecule has 0 radical (unpaired) electrons. The molecule has 0 amide bonds. The van der Waals surface area contributed by atoms with Crippen molar-refractivity contribution in [2.24, 2.45) is 4.99 Å². The number of unbranched alkanes of at least 4 members (excludes halogenated alkanes) is 9. The normalized spacial score (nSPS) is 13.8. The molecule has 0 unspecified atom stereocenters. The van der Waals surface area contributed by atoms with E-state index in [1.807, 2.05) is 6.07 Å². The van der Waals surface area contributed by atoms with Gasteiger partial charge in [-0.2, -0.15) is 13.2 Å². The average Bonchev–Trinajstić information content (AvgIpc) is 3.19. The number of anilines is 2. The number of carbonyl (C=O) groups excluding carboxylic acids is 1. The summed E-state index contributed by atoms with van der Waals surface area (Å²) in [6, 6.07) is 5.27. The van der Waals surface area contributed by atoms with Crippen LogP contribution in [0.2, 0.25) is 0 Å². The maximum absolute atomic E-state index is 13.3. The number of aliphatic imine (C=N–C) groups is 1. The van der Waals surface area contributed by atoms with Crippen molar-refractivity contribution in [2.75, 3.05) is 36.5 Å². The molecule has 192 valence electrons. The number of carbonyl (C=O) groups is 1. The second-order valence-electron chi connectivity index (χ2n) is 8.86. The summed E-state index contributed by atoms with van der Waals surface area (Å²) in [7, 11) is 0. The number of alkyl halides is 3. The monoisotopic (exact) mass is 483 g/mol. The van der Waals surface area contributed by atoms with Crippen LogP contribution < -0.4 is 10.2 Å². The molecule has 0 spiro atoms. The first-order valence-electron chi connectivity index (χ1n) is 12.8. The summed E-state index contributed by atoms with van der Waals surface area (Å²) >= 11 is 0. The molecule has 0 saturated heterocycles. The van der Waals surface area contributed by atoms with Gasteiger partial charge in [0.05, 0.1) is 6.61 Å². The summed E-state index contributed by atoms with van der Waals surface area (Å²) in [5.41, 5.74) is 2.45. The third-order valence-corrected chi connectivity index (χ3v) is 6.06. The van der Waals surface area contributed by atoms with Gasteiger partial charge in [-0.1, -0.05) is 64.7 Å². The molecule has 8 heteroatoms. The van der Waals surface area contributed by atoms with E-state index in [4.69, 9.17) is 0 Å². The Hall–Kier alpha value is -2.25. The Morgan fingerprint density at radius 2 is 1.68 bits per heavy atom. The molecule has 2 rings (SSSR count). The Labute approximate surface area is 202 Å². The number of hydrogen-bond acceptors (Lipinski definition) is 4. The Kier molecular flexibility index (Phi) is 12.3. The highest BCUT2D eigenvalue weighted by atomic mass is 19.4. The Bertz CT molecular complexity index is 781. The van der Waals surface area contributed by atoms with Gasteiger partial charge in [0.2, 0.25) is 5.84 Å². The second-order valence-corrected chi connectivity index (χ2v) is 8.86. The molecule has 1 N–H and O–H groups in total. The lowest BCUT2D eigenvalue weighted by Gasteiger charge is -2.20. The van der Waals surface area contributed by atoms with E-state index in [0.717, 1.165) is 37.2 Å². The van der Waals surface area contributed by atoms with Crippen molar-refractivity contribution < 1.29 is 22.7 Å². The van der Waals surface area contributed by atoms with Crippen LogP contribution in [0.15, 0.2) is 23.2 Å². The molecule has 34 heavy (non-hydrogen) atoms. The van der Waals surface area contributed by atoms with Crippen LogP contribution in [-0.4, -0.2) is 44.2 Å². The lowest BCUT2D eigenvalue weighted by molar-refractivity contribution is -0.141. The van der Waals surface area contributed by atoms with E-state index in [-0.39, 0.29) is 6.61 Å². The summed E-state index contributed by atoms with van der Waals surface area (Å²) in [5, 5.41) is 2.35. The number of esters is 1. The molecule has 1 aliphatic rings. The number of fused-ring (bicyclic) bond motifs is 1. The van der Waals surface area contributed by atoms with Crippen LogP contribution in [0.1, 0.15) is 83.6 Å². The minimum atomic E-state index is -4.69. The second kappa shape index (κ2) is 14.9. The molecule has 0 fully saturated rings. The van der Waals surface area contributed by atoms with Crippen LogP contribution in [0.4, 0.5) is 24.5 Å². The number of nitrogens with one attached hydrogen (secondary N) is 1. The topological polar surface area (TPSA) is 53.9 Å². The van der Waals surface area contributed by atoms with E-state index in [1.54, 1.807) is 19.1 Å². The zero-order chi connectivity index (χ0) is 24.8. The SMILES string of the molecule is CCCCCCCCCCCCN1CCc2cc(NC(=NCC(=O)OCC)C(F)(F)F)ccc21.